The zero-order valence-corrected chi connectivity index (χ0v) is 9.93. The summed E-state index contributed by atoms with van der Waals surface area (Å²) in [5, 5.41) is 10.9. The molecule has 0 aliphatic carbocycles. The summed E-state index contributed by atoms with van der Waals surface area (Å²) in [6, 6.07) is 4.24. The molecule has 0 aromatic heterocycles. The second-order valence-electron chi connectivity index (χ2n) is 3.90. The molecule has 6 nitrogen and oxygen atoms in total. The average molecular weight is 268 g/mol. The Morgan fingerprint density at radius 2 is 1.95 bits per heavy atom. The van der Waals surface area contributed by atoms with Crippen LogP contribution < -0.4 is 11.1 Å². The lowest BCUT2D eigenvalue weighted by Crippen LogP contribution is -2.44. The molecule has 0 heterocycles. The van der Waals surface area contributed by atoms with Crippen LogP contribution in [-0.4, -0.2) is 28.9 Å². The molecule has 19 heavy (non-hydrogen) atoms. The summed E-state index contributed by atoms with van der Waals surface area (Å²) >= 11 is 0. The summed E-state index contributed by atoms with van der Waals surface area (Å²) in [7, 11) is 0. The molecule has 0 spiro atoms. The number of aliphatic carboxylic acids is 1. The number of primary amides is 1. The number of halogens is 1. The number of rotatable bonds is 6. The van der Waals surface area contributed by atoms with E-state index in [1.54, 1.807) is 6.07 Å². The molecule has 0 aliphatic rings. The summed E-state index contributed by atoms with van der Waals surface area (Å²) in [4.78, 5) is 33.0. The van der Waals surface area contributed by atoms with Gasteiger partial charge in [0.15, 0.2) is 0 Å². The third kappa shape index (κ3) is 4.74. The van der Waals surface area contributed by atoms with Crippen LogP contribution in [0.2, 0.25) is 0 Å². The number of carbonyl (C=O) groups excluding carboxylic acids is 2. The van der Waals surface area contributed by atoms with Gasteiger partial charge in [0.25, 0.3) is 0 Å². The highest BCUT2D eigenvalue weighted by Gasteiger charge is 2.22. The van der Waals surface area contributed by atoms with E-state index in [0.717, 1.165) is 0 Å². The zero-order valence-electron chi connectivity index (χ0n) is 9.93. The maximum atomic E-state index is 13.3. The van der Waals surface area contributed by atoms with Gasteiger partial charge in [-0.2, -0.15) is 0 Å². The van der Waals surface area contributed by atoms with Crippen molar-refractivity contribution in [2.45, 2.75) is 18.9 Å². The lowest BCUT2D eigenvalue weighted by Gasteiger charge is -2.12. The summed E-state index contributed by atoms with van der Waals surface area (Å²) in [6.07, 6.45) is -0.826. The Hall–Kier alpha value is -2.44. The number of benzene rings is 1. The lowest BCUT2D eigenvalue weighted by atomic mass is 10.1. The third-order valence-corrected chi connectivity index (χ3v) is 2.35. The maximum Gasteiger partial charge on any atom is 0.326 e. The number of carboxylic acid groups (broad SMARTS) is 1. The van der Waals surface area contributed by atoms with Gasteiger partial charge in [-0.25, -0.2) is 9.18 Å². The first-order valence-corrected chi connectivity index (χ1v) is 5.44. The van der Waals surface area contributed by atoms with Crippen molar-refractivity contribution < 1.29 is 23.9 Å². The Morgan fingerprint density at radius 3 is 2.47 bits per heavy atom. The molecule has 2 amide bonds. The van der Waals surface area contributed by atoms with E-state index in [0.29, 0.717) is 0 Å². The van der Waals surface area contributed by atoms with Gasteiger partial charge < -0.3 is 16.2 Å². The Labute approximate surface area is 108 Å². The molecule has 1 aromatic carbocycles. The van der Waals surface area contributed by atoms with Crippen LogP contribution in [0.1, 0.15) is 12.0 Å². The van der Waals surface area contributed by atoms with E-state index in [2.05, 4.69) is 5.32 Å². The minimum atomic E-state index is -1.41. The van der Waals surface area contributed by atoms with Crippen LogP contribution in [0.3, 0.4) is 0 Å². The van der Waals surface area contributed by atoms with Crippen molar-refractivity contribution in [1.82, 2.24) is 5.32 Å². The molecular weight excluding hydrogens is 255 g/mol. The number of nitrogens with two attached hydrogens (primary N) is 1. The fourth-order valence-corrected chi connectivity index (χ4v) is 1.46. The first-order valence-electron chi connectivity index (χ1n) is 5.44. The van der Waals surface area contributed by atoms with Gasteiger partial charge in [-0.3, -0.25) is 9.59 Å². The molecule has 0 fully saturated rings. The van der Waals surface area contributed by atoms with Gasteiger partial charge >= 0.3 is 5.97 Å². The second-order valence-corrected chi connectivity index (χ2v) is 3.90. The molecule has 7 heteroatoms. The van der Waals surface area contributed by atoms with Crippen molar-refractivity contribution in [1.29, 1.82) is 0 Å². The van der Waals surface area contributed by atoms with Gasteiger partial charge in [0.05, 0.1) is 12.8 Å². The van der Waals surface area contributed by atoms with Crippen molar-refractivity contribution in [2.24, 2.45) is 5.73 Å². The third-order valence-electron chi connectivity index (χ3n) is 2.35. The Balaban J connectivity index is 2.65. The first-order chi connectivity index (χ1) is 8.90. The molecule has 0 unspecified atom stereocenters. The Kier molecular flexibility index (Phi) is 4.99. The van der Waals surface area contributed by atoms with E-state index in [-0.39, 0.29) is 12.0 Å². The van der Waals surface area contributed by atoms with E-state index in [9.17, 15) is 18.8 Å². The van der Waals surface area contributed by atoms with Crippen LogP contribution in [0.4, 0.5) is 4.39 Å². The van der Waals surface area contributed by atoms with Crippen molar-refractivity contribution in [3.63, 3.8) is 0 Å². The van der Waals surface area contributed by atoms with Crippen molar-refractivity contribution >= 4 is 17.8 Å². The van der Waals surface area contributed by atoms with E-state index in [1.807, 2.05) is 0 Å². The number of amides is 2. The molecule has 1 atom stereocenters. The van der Waals surface area contributed by atoms with Gasteiger partial charge in [-0.15, -0.1) is 0 Å². The highest BCUT2D eigenvalue weighted by atomic mass is 19.1. The second kappa shape index (κ2) is 6.48. The summed E-state index contributed by atoms with van der Waals surface area (Å²) in [5.74, 6) is -3.47. The normalized spacial score (nSPS) is 11.6. The fraction of sp³-hybridized carbons (Fsp3) is 0.250. The number of nitrogens with one attached hydrogen (secondary N) is 1. The van der Waals surface area contributed by atoms with Gasteiger partial charge in [-0.1, -0.05) is 18.2 Å². The summed E-state index contributed by atoms with van der Waals surface area (Å²) in [6.45, 7) is 0. The lowest BCUT2D eigenvalue weighted by molar-refractivity contribution is -0.143. The Morgan fingerprint density at radius 1 is 1.32 bits per heavy atom. The minimum absolute atomic E-state index is 0.142. The maximum absolute atomic E-state index is 13.3. The fourth-order valence-electron chi connectivity index (χ4n) is 1.46. The largest absolute Gasteiger partial charge is 0.480 e. The van der Waals surface area contributed by atoms with Gasteiger partial charge in [0, 0.05) is 0 Å². The van der Waals surface area contributed by atoms with Crippen LogP contribution in [0.25, 0.3) is 0 Å². The average Bonchev–Trinajstić information content (AvgIpc) is 2.30. The topological polar surface area (TPSA) is 109 Å². The van der Waals surface area contributed by atoms with Crippen molar-refractivity contribution in [3.8, 4) is 0 Å². The highest BCUT2D eigenvalue weighted by Crippen LogP contribution is 2.07. The molecule has 0 saturated heterocycles. The zero-order chi connectivity index (χ0) is 14.4. The molecule has 102 valence electrons. The van der Waals surface area contributed by atoms with Crippen LogP contribution in [-0.2, 0) is 20.8 Å². The molecule has 1 rings (SSSR count). The van der Waals surface area contributed by atoms with Gasteiger partial charge in [0.2, 0.25) is 11.8 Å². The van der Waals surface area contributed by atoms with E-state index >= 15 is 0 Å². The number of hydrogen-bond donors (Lipinski definition) is 3. The van der Waals surface area contributed by atoms with Crippen LogP contribution in [0, 0.1) is 5.82 Å². The number of carboxylic acids is 1. The molecule has 1 aromatic rings. The molecule has 0 saturated carbocycles. The van der Waals surface area contributed by atoms with Crippen molar-refractivity contribution in [3.05, 3.63) is 35.6 Å². The van der Waals surface area contributed by atoms with E-state index in [4.69, 9.17) is 10.8 Å². The summed E-state index contributed by atoms with van der Waals surface area (Å²) in [5.41, 5.74) is 5.01. The minimum Gasteiger partial charge on any atom is -0.480 e. The van der Waals surface area contributed by atoms with Gasteiger partial charge in [0.1, 0.15) is 11.9 Å². The standard InChI is InChI=1S/C12H13FN2O4/c13-8-4-2-1-3-7(8)5-11(17)15-9(12(18)19)6-10(14)16/h1-4,9H,5-6H2,(H2,14,16)(H,15,17)(H,18,19)/t9-/m1/s1. The highest BCUT2D eigenvalue weighted by molar-refractivity contribution is 5.88. The SMILES string of the molecule is NC(=O)C[C@@H](NC(=O)Cc1ccccc1F)C(=O)O. The molecular formula is C12H13FN2O4. The predicted molar refractivity (Wildman–Crippen MR) is 63.5 cm³/mol. The quantitative estimate of drug-likeness (QED) is 0.664. The predicted octanol–water partition coefficient (Wildman–Crippen LogP) is -0.187. The number of hydrogen-bond acceptors (Lipinski definition) is 3. The smallest absolute Gasteiger partial charge is 0.326 e. The number of carbonyl (C=O) groups is 3. The molecule has 4 N–H and O–H groups in total. The molecule has 0 radical (unpaired) electrons. The van der Waals surface area contributed by atoms with Gasteiger partial charge in [-0.05, 0) is 11.6 Å². The van der Waals surface area contributed by atoms with E-state index < -0.39 is 36.1 Å². The first kappa shape index (κ1) is 14.6. The van der Waals surface area contributed by atoms with E-state index in [1.165, 1.54) is 18.2 Å². The molecule has 0 bridgehead atoms. The van der Waals surface area contributed by atoms with Crippen LogP contribution >= 0.6 is 0 Å². The van der Waals surface area contributed by atoms with Crippen molar-refractivity contribution in [2.75, 3.05) is 0 Å². The molecule has 0 aliphatic heterocycles. The van der Waals surface area contributed by atoms with Crippen LogP contribution in [0.15, 0.2) is 24.3 Å². The summed E-state index contributed by atoms with van der Waals surface area (Å²) < 4.78 is 13.3. The van der Waals surface area contributed by atoms with Crippen LogP contribution in [0.5, 0.6) is 0 Å². The monoisotopic (exact) mass is 268 g/mol. The Bertz CT molecular complexity index is 504.